The number of carbonyl (C=O) groups excluding carboxylic acids is 1. The summed E-state index contributed by atoms with van der Waals surface area (Å²) in [7, 11) is 2.97. The summed E-state index contributed by atoms with van der Waals surface area (Å²) in [5.74, 6) is -0.828. The molecule has 0 aromatic heterocycles. The van der Waals surface area contributed by atoms with Crippen LogP contribution in [0.1, 0.15) is 26.3 Å². The van der Waals surface area contributed by atoms with Crippen molar-refractivity contribution in [3.63, 3.8) is 0 Å². The molecule has 0 heterocycles. The summed E-state index contributed by atoms with van der Waals surface area (Å²) in [6.45, 7) is 6.17. The number of carbonyl (C=O) groups is 2. The number of nitrogen functional groups attached to an aromatic ring is 1. The Morgan fingerprint density at radius 1 is 1.30 bits per heavy atom. The Bertz CT molecular complexity index is 529. The number of benzene rings is 1. The Hall–Kier alpha value is -1.54. The van der Waals surface area contributed by atoms with E-state index in [1.807, 2.05) is 20.8 Å². The van der Waals surface area contributed by atoms with Crippen LogP contribution in [-0.4, -0.2) is 33.7 Å². The third-order valence-corrected chi connectivity index (χ3v) is 5.83. The molecule has 0 unspecified atom stereocenters. The van der Waals surface area contributed by atoms with Gasteiger partial charge in [-0.2, -0.15) is 0 Å². The van der Waals surface area contributed by atoms with Crippen molar-refractivity contribution in [3.05, 3.63) is 29.8 Å². The van der Waals surface area contributed by atoms with Crippen LogP contribution < -0.4 is 11.1 Å². The second-order valence-corrected chi connectivity index (χ2v) is 9.00. The second-order valence-electron chi connectivity index (χ2n) is 5.83. The van der Waals surface area contributed by atoms with Gasteiger partial charge in [0.1, 0.15) is 12.6 Å². The molecule has 1 aromatic carbocycles. The highest BCUT2D eigenvalue weighted by molar-refractivity contribution is 8.77. The van der Waals surface area contributed by atoms with E-state index in [4.69, 9.17) is 15.6 Å². The first-order chi connectivity index (χ1) is 10.7. The predicted octanol–water partition coefficient (Wildman–Crippen LogP) is 3.13. The summed E-state index contributed by atoms with van der Waals surface area (Å²) in [4.78, 5) is 22.9. The van der Waals surface area contributed by atoms with Crippen molar-refractivity contribution < 1.29 is 19.4 Å². The highest BCUT2D eigenvalue weighted by Crippen LogP contribution is 2.35. The summed E-state index contributed by atoms with van der Waals surface area (Å²) < 4.78 is 5.04. The second kappa shape index (κ2) is 8.93. The Morgan fingerprint density at radius 3 is 2.43 bits per heavy atom. The van der Waals surface area contributed by atoms with Gasteiger partial charge in [-0.05, 0) is 17.7 Å². The average molecular weight is 358 g/mol. The zero-order valence-corrected chi connectivity index (χ0v) is 15.0. The van der Waals surface area contributed by atoms with Gasteiger partial charge in [-0.3, -0.25) is 0 Å². The van der Waals surface area contributed by atoms with Gasteiger partial charge in [0.25, 0.3) is 0 Å². The predicted molar refractivity (Wildman–Crippen MR) is 95.4 cm³/mol. The summed E-state index contributed by atoms with van der Waals surface area (Å²) in [6.07, 6.45) is -0.754. The first-order valence-electron chi connectivity index (χ1n) is 6.98. The SMILES string of the molecule is CC(C)(C)SSC[C@H](NC(=O)OCc1ccc(N)cc1)C(=O)O. The van der Waals surface area contributed by atoms with E-state index >= 15 is 0 Å². The fraction of sp³-hybridized carbons (Fsp3) is 0.467. The van der Waals surface area contributed by atoms with Crippen LogP contribution in [0.15, 0.2) is 24.3 Å². The van der Waals surface area contributed by atoms with Gasteiger partial charge in [-0.15, -0.1) is 0 Å². The minimum atomic E-state index is -1.09. The topological polar surface area (TPSA) is 102 Å². The van der Waals surface area contributed by atoms with E-state index in [2.05, 4.69) is 5.32 Å². The van der Waals surface area contributed by atoms with Crippen LogP contribution >= 0.6 is 21.6 Å². The van der Waals surface area contributed by atoms with Gasteiger partial charge in [-0.25, -0.2) is 9.59 Å². The average Bonchev–Trinajstić information content (AvgIpc) is 2.44. The van der Waals surface area contributed by atoms with E-state index < -0.39 is 18.1 Å². The number of hydrogen-bond acceptors (Lipinski definition) is 6. The highest BCUT2D eigenvalue weighted by atomic mass is 33.1. The van der Waals surface area contributed by atoms with Crippen molar-refractivity contribution in [2.24, 2.45) is 0 Å². The van der Waals surface area contributed by atoms with Crippen molar-refractivity contribution in [1.29, 1.82) is 0 Å². The number of hydrogen-bond donors (Lipinski definition) is 3. The van der Waals surface area contributed by atoms with Crippen LogP contribution in [-0.2, 0) is 16.1 Å². The lowest BCUT2D eigenvalue weighted by Crippen LogP contribution is -2.42. The quantitative estimate of drug-likeness (QED) is 0.508. The fourth-order valence-electron chi connectivity index (χ4n) is 1.40. The Morgan fingerprint density at radius 2 is 1.91 bits per heavy atom. The van der Waals surface area contributed by atoms with Crippen LogP contribution in [0.5, 0.6) is 0 Å². The maximum atomic E-state index is 11.7. The first kappa shape index (κ1) is 19.5. The molecule has 0 aliphatic heterocycles. The molecule has 6 nitrogen and oxygen atoms in total. The maximum absolute atomic E-state index is 11.7. The zero-order chi connectivity index (χ0) is 17.5. The van der Waals surface area contributed by atoms with Crippen LogP contribution in [0.3, 0.4) is 0 Å². The number of anilines is 1. The molecule has 0 aliphatic rings. The molecule has 0 spiro atoms. The number of carboxylic acid groups (broad SMARTS) is 1. The van der Waals surface area contributed by atoms with Gasteiger partial charge in [0.2, 0.25) is 0 Å². The van der Waals surface area contributed by atoms with Gasteiger partial charge in [-0.1, -0.05) is 54.5 Å². The summed E-state index contributed by atoms with van der Waals surface area (Å²) in [5, 5.41) is 11.5. The molecule has 0 fully saturated rings. The van der Waals surface area contributed by atoms with E-state index in [1.165, 1.54) is 10.8 Å². The standard InChI is InChI=1S/C15H22N2O4S2/c1-15(2,3)23-22-9-12(13(18)19)17-14(20)21-8-10-4-6-11(16)7-5-10/h4-7,12H,8-9,16H2,1-3H3,(H,17,20)(H,18,19)/t12-/m0/s1. The molecular formula is C15H22N2O4S2. The molecule has 1 rings (SSSR count). The van der Waals surface area contributed by atoms with E-state index in [1.54, 1.807) is 35.1 Å². The summed E-state index contributed by atoms with van der Waals surface area (Å²) in [6, 6.07) is 5.91. The number of nitrogens with one attached hydrogen (secondary N) is 1. The largest absolute Gasteiger partial charge is 0.480 e. The van der Waals surface area contributed by atoms with Gasteiger partial charge in [0, 0.05) is 16.2 Å². The van der Waals surface area contributed by atoms with Gasteiger partial charge in [0.05, 0.1) is 0 Å². The minimum absolute atomic E-state index is 0.0172. The number of nitrogens with two attached hydrogens (primary N) is 1. The summed E-state index contributed by atoms with van der Waals surface area (Å²) in [5.41, 5.74) is 6.97. The molecule has 128 valence electrons. The molecule has 8 heteroatoms. The van der Waals surface area contributed by atoms with Crippen molar-refractivity contribution in [1.82, 2.24) is 5.32 Å². The van der Waals surface area contributed by atoms with Gasteiger partial charge < -0.3 is 20.9 Å². The number of carboxylic acids is 1. The van der Waals surface area contributed by atoms with Crippen molar-refractivity contribution in [2.45, 2.75) is 38.2 Å². The maximum Gasteiger partial charge on any atom is 0.408 e. The van der Waals surface area contributed by atoms with Crippen molar-refractivity contribution in [2.75, 3.05) is 11.5 Å². The molecule has 0 radical (unpaired) electrons. The lowest BCUT2D eigenvalue weighted by Gasteiger charge is -2.19. The van der Waals surface area contributed by atoms with E-state index in [0.29, 0.717) is 5.69 Å². The normalized spacial score (nSPS) is 12.5. The molecule has 0 saturated heterocycles. The molecule has 0 bridgehead atoms. The minimum Gasteiger partial charge on any atom is -0.480 e. The molecule has 0 aliphatic carbocycles. The first-order valence-corrected chi connectivity index (χ1v) is 9.30. The molecular weight excluding hydrogens is 336 g/mol. The van der Waals surface area contributed by atoms with E-state index in [-0.39, 0.29) is 17.1 Å². The van der Waals surface area contributed by atoms with Crippen molar-refractivity contribution >= 4 is 39.3 Å². The third kappa shape index (κ3) is 8.61. The molecule has 4 N–H and O–H groups in total. The van der Waals surface area contributed by atoms with E-state index in [9.17, 15) is 9.59 Å². The van der Waals surface area contributed by atoms with Crippen LogP contribution in [0.25, 0.3) is 0 Å². The lowest BCUT2D eigenvalue weighted by molar-refractivity contribution is -0.138. The molecule has 0 saturated carbocycles. The number of alkyl carbamates (subject to hydrolysis) is 1. The zero-order valence-electron chi connectivity index (χ0n) is 13.4. The molecule has 1 amide bonds. The number of ether oxygens (including phenoxy) is 1. The molecule has 1 aromatic rings. The summed E-state index contributed by atoms with van der Waals surface area (Å²) >= 11 is 0. The number of aliphatic carboxylic acids is 1. The Balaban J connectivity index is 2.41. The third-order valence-electron chi connectivity index (χ3n) is 2.48. The molecule has 23 heavy (non-hydrogen) atoms. The Labute approximate surface area is 143 Å². The molecule has 1 atom stereocenters. The van der Waals surface area contributed by atoms with Crippen molar-refractivity contribution in [3.8, 4) is 0 Å². The monoisotopic (exact) mass is 358 g/mol. The van der Waals surface area contributed by atoms with Gasteiger partial charge >= 0.3 is 12.1 Å². The van der Waals surface area contributed by atoms with E-state index in [0.717, 1.165) is 5.56 Å². The van der Waals surface area contributed by atoms with Gasteiger partial charge in [0.15, 0.2) is 0 Å². The lowest BCUT2D eigenvalue weighted by atomic mass is 10.2. The number of amides is 1. The number of rotatable bonds is 7. The highest BCUT2D eigenvalue weighted by Gasteiger charge is 2.22. The fourth-order valence-corrected chi connectivity index (χ4v) is 3.86. The van der Waals surface area contributed by atoms with Crippen LogP contribution in [0, 0.1) is 0 Å². The Kier molecular flexibility index (Phi) is 7.57. The van der Waals surface area contributed by atoms with Crippen LogP contribution in [0.4, 0.5) is 10.5 Å². The smallest absolute Gasteiger partial charge is 0.408 e. The van der Waals surface area contributed by atoms with Crippen LogP contribution in [0.2, 0.25) is 0 Å².